The van der Waals surface area contributed by atoms with Crippen LogP contribution in [0.3, 0.4) is 0 Å². The van der Waals surface area contributed by atoms with Gasteiger partial charge in [-0.15, -0.1) is 0 Å². The molecule has 0 unspecified atom stereocenters. The molecule has 0 spiro atoms. The number of nitrogens with zero attached hydrogens (tertiary/aromatic N) is 2. The van der Waals surface area contributed by atoms with Crippen LogP contribution in [-0.2, 0) is 34.7 Å². The largest absolute Gasteiger partial charge is 0.0622 e. The average Bonchev–Trinajstić information content (AvgIpc) is 3.29. The maximum absolute atomic E-state index is 9.10. The minimum absolute atomic E-state index is 0.219. The second kappa shape index (κ2) is 26.8. The fourth-order valence-electron chi connectivity index (χ4n) is 5.41. The first-order valence-corrected chi connectivity index (χ1v) is 23.4. The summed E-state index contributed by atoms with van der Waals surface area (Å²) in [6, 6.07) is 74.0. The third kappa shape index (κ3) is 15.7. The Morgan fingerprint density at radius 3 is 1.05 bits per heavy atom. The van der Waals surface area contributed by atoms with Crippen molar-refractivity contribution in [3.05, 3.63) is 224 Å². The number of para-hydroxylation sites is 1. The Bertz CT molecular complexity index is 1940. The summed E-state index contributed by atoms with van der Waals surface area (Å²) in [4.78, 5) is 4.13. The molecule has 7 aromatic rings. The molecule has 0 aliphatic carbocycles. The SMILES string of the molecule is CO/C(O)=C/C(C)=N\NC([S-])=Nc1ccccc1.[Cl][Ru+].c1ccc(P(c2ccccc2)c2ccccc2)cc1.c1ccc(P(c2ccccc2)c2ccccc2)cc1. The van der Waals surface area contributed by atoms with E-state index in [4.69, 9.17) is 17.7 Å². The summed E-state index contributed by atoms with van der Waals surface area (Å²) >= 11 is 6.82. The molecule has 0 aromatic heterocycles. The van der Waals surface area contributed by atoms with Gasteiger partial charge in [-0.25, -0.2) is 0 Å². The number of hydrogen-bond donors (Lipinski definition) is 2. The van der Waals surface area contributed by atoms with E-state index in [1.807, 2.05) is 47.6 Å². The van der Waals surface area contributed by atoms with Gasteiger partial charge in [0, 0.05) is 11.2 Å². The van der Waals surface area contributed by atoms with Crippen molar-refractivity contribution in [1.82, 2.24) is 5.43 Å². The summed E-state index contributed by atoms with van der Waals surface area (Å²) in [5.41, 5.74) is 3.86. The van der Waals surface area contributed by atoms with Crippen LogP contribution in [0.5, 0.6) is 0 Å². The number of benzene rings is 7. The Hall–Kier alpha value is -4.99. The summed E-state index contributed by atoms with van der Waals surface area (Å²) < 4.78 is 4.58. The number of rotatable bonds is 10. The molecule has 10 heteroatoms. The quantitative estimate of drug-likeness (QED) is 0.0273. The van der Waals surface area contributed by atoms with E-state index >= 15 is 0 Å². The van der Waals surface area contributed by atoms with Crippen molar-refractivity contribution in [3.8, 4) is 0 Å². The number of amidine groups is 1. The van der Waals surface area contributed by atoms with Gasteiger partial charge in [0.05, 0.1) is 18.5 Å². The molecule has 5 nitrogen and oxygen atoms in total. The number of hydrogen-bond acceptors (Lipinski definition) is 5. The van der Waals surface area contributed by atoms with Gasteiger partial charge < -0.3 is 22.5 Å². The molecule has 0 aliphatic rings. The molecule has 58 heavy (non-hydrogen) atoms. The van der Waals surface area contributed by atoms with Gasteiger partial charge in [0.2, 0.25) is 0 Å². The van der Waals surface area contributed by atoms with Gasteiger partial charge in [-0.2, -0.15) is 5.10 Å². The molecule has 2 N–H and O–H groups in total. The molecule has 0 bridgehead atoms. The third-order valence-electron chi connectivity index (χ3n) is 7.94. The van der Waals surface area contributed by atoms with Gasteiger partial charge in [0.25, 0.3) is 5.95 Å². The second-order valence-corrected chi connectivity index (χ2v) is 16.8. The topological polar surface area (TPSA) is 66.2 Å². The first-order valence-electron chi connectivity index (χ1n) is 18.1. The van der Waals surface area contributed by atoms with E-state index in [0.717, 1.165) is 5.69 Å². The molecule has 0 radical (unpaired) electrons. The smallest absolute Gasteiger partial charge is 0.0134 e. The normalized spacial score (nSPS) is 11.2. The van der Waals surface area contributed by atoms with E-state index in [-0.39, 0.29) is 11.1 Å². The van der Waals surface area contributed by atoms with Gasteiger partial charge in [0.1, 0.15) is 0 Å². The van der Waals surface area contributed by atoms with Crippen molar-refractivity contribution < 1.29 is 27.2 Å². The van der Waals surface area contributed by atoms with Crippen LogP contribution < -0.4 is 37.3 Å². The predicted molar refractivity (Wildman–Crippen MR) is 251 cm³/mol. The molecule has 294 valence electrons. The first kappa shape index (κ1) is 45.7. The van der Waals surface area contributed by atoms with Crippen LogP contribution in [0.4, 0.5) is 5.69 Å². The van der Waals surface area contributed by atoms with Crippen LogP contribution in [0.1, 0.15) is 6.92 Å². The fraction of sp³-hybridized carbons (Fsp3) is 0.0417. The van der Waals surface area contributed by atoms with Crippen molar-refractivity contribution in [2.75, 3.05) is 7.11 Å². The van der Waals surface area contributed by atoms with Gasteiger partial charge in [-0.3, -0.25) is 10.4 Å². The molecular weight excluding hydrogens is 881 g/mol. The molecule has 0 aliphatic heterocycles. The Labute approximate surface area is 365 Å². The van der Waals surface area contributed by atoms with E-state index in [9.17, 15) is 0 Å². The van der Waals surface area contributed by atoms with Crippen LogP contribution in [0.25, 0.3) is 0 Å². The molecule has 7 rings (SSSR count). The second-order valence-electron chi connectivity index (χ2n) is 12.0. The van der Waals surface area contributed by atoms with Gasteiger partial charge >= 0.3 is 27.0 Å². The first-order chi connectivity index (χ1) is 28.5. The van der Waals surface area contributed by atoms with E-state index in [0.29, 0.717) is 5.71 Å². The number of aliphatic hydroxyl groups excluding tert-OH is 1. The van der Waals surface area contributed by atoms with Crippen molar-refractivity contribution in [2.24, 2.45) is 10.1 Å². The van der Waals surface area contributed by atoms with Crippen molar-refractivity contribution >= 4 is 86.6 Å². The summed E-state index contributed by atoms with van der Waals surface area (Å²) in [5.74, 6) is -0.219. The molecular formula is C48H44ClN3O2P2RuS. The number of hydrazone groups is 1. The third-order valence-corrected chi connectivity index (χ3v) is 13.0. The standard InChI is InChI=1S/2C18H15P.C12H15N3O2S.ClH.Ru/c2*1-4-10-16(11-5-1)19(17-12-6-2-7-13-17)18-14-8-3-9-15-18;1-9(8-11(16)17-2)14-15-12(18)13-10-6-4-3-5-7-10;;/h2*1-15H;3-8,16H,1-2H3,(H2,13,15,18);1H;/q;;;;+2/p-2/b;;11-8+,14-9-;;. The summed E-state index contributed by atoms with van der Waals surface area (Å²) in [6.07, 6.45) is 1.36. The molecule has 0 amide bonds. The molecule has 0 saturated heterocycles. The van der Waals surface area contributed by atoms with Gasteiger partial charge in [0.15, 0.2) is 0 Å². The zero-order valence-electron chi connectivity index (χ0n) is 32.1. The van der Waals surface area contributed by atoms with Crippen LogP contribution in [0.15, 0.2) is 234 Å². The minimum atomic E-state index is -0.446. The van der Waals surface area contributed by atoms with E-state index in [1.165, 1.54) is 45.0 Å². The molecule has 0 heterocycles. The number of nitrogens with one attached hydrogen (secondary N) is 1. The van der Waals surface area contributed by atoms with Crippen molar-refractivity contribution in [1.29, 1.82) is 0 Å². The Balaban J connectivity index is 0.000000188. The van der Waals surface area contributed by atoms with Gasteiger partial charge in [-0.1, -0.05) is 200 Å². The molecule has 7 aromatic carbocycles. The fourth-order valence-corrected chi connectivity index (χ4v) is 10.2. The Kier molecular flexibility index (Phi) is 21.2. The van der Waals surface area contributed by atoms with E-state index in [1.54, 1.807) is 6.92 Å². The van der Waals surface area contributed by atoms with Crippen LogP contribution in [0.2, 0.25) is 0 Å². The Morgan fingerprint density at radius 2 is 0.793 bits per heavy atom. The summed E-state index contributed by atoms with van der Waals surface area (Å²) in [6.45, 7) is 1.69. The van der Waals surface area contributed by atoms with Crippen LogP contribution >= 0.6 is 25.5 Å². The van der Waals surface area contributed by atoms with Gasteiger partial charge in [-0.05, 0) is 66.7 Å². The van der Waals surface area contributed by atoms with E-state index in [2.05, 4.69) is 212 Å². The number of aliphatic imine (C=N–C) groups is 1. The number of methoxy groups -OCH3 is 1. The summed E-state index contributed by atoms with van der Waals surface area (Å²) in [7, 11) is 5.04. The zero-order chi connectivity index (χ0) is 41.2. The van der Waals surface area contributed by atoms with Crippen molar-refractivity contribution in [3.63, 3.8) is 0 Å². The average molecular weight is 925 g/mol. The molecule has 0 fully saturated rings. The minimum Gasteiger partial charge on any atom is -0.0622 e. The van der Waals surface area contributed by atoms with E-state index < -0.39 is 15.8 Å². The predicted octanol–water partition coefficient (Wildman–Crippen LogP) is 9.81. The maximum atomic E-state index is 9.10. The van der Waals surface area contributed by atoms with Crippen LogP contribution in [-0.4, -0.2) is 23.1 Å². The number of ether oxygens (including phenoxy) is 1. The molecule has 0 atom stereocenters. The monoisotopic (exact) mass is 925 g/mol. The summed E-state index contributed by atoms with van der Waals surface area (Å²) in [5, 5.41) is 21.7. The number of allylic oxidation sites excluding steroid dienone is 1. The number of halogens is 1. The van der Waals surface area contributed by atoms with Crippen molar-refractivity contribution in [2.45, 2.75) is 6.92 Å². The molecule has 0 saturated carbocycles. The zero-order valence-corrected chi connectivity index (χ0v) is 37.2. The van der Waals surface area contributed by atoms with Crippen LogP contribution in [0, 0.1) is 0 Å². The Morgan fingerprint density at radius 1 is 0.534 bits per heavy atom. The maximum Gasteiger partial charge on any atom is -0.0134 e. The number of aliphatic hydroxyl groups is 1.